The fraction of sp³-hybridized carbons (Fsp3) is 0. The van der Waals surface area contributed by atoms with Crippen LogP contribution in [0.3, 0.4) is 0 Å². The second-order valence-corrected chi connectivity index (χ2v) is 18.3. The molecule has 0 N–H and O–H groups in total. The molecule has 14 aromatic rings. The second-order valence-electron chi connectivity index (χ2n) is 17.2. The molecular weight excluding hydrogens is 821 g/mol. The van der Waals surface area contributed by atoms with Crippen molar-refractivity contribution in [1.29, 1.82) is 0 Å². The molecule has 66 heavy (non-hydrogen) atoms. The van der Waals surface area contributed by atoms with Crippen LogP contribution in [-0.2, 0) is 0 Å². The number of hydrogen-bond acceptors (Lipinski definition) is 4. The molecule has 0 aliphatic rings. The van der Waals surface area contributed by atoms with Crippen molar-refractivity contribution in [3.63, 3.8) is 0 Å². The summed E-state index contributed by atoms with van der Waals surface area (Å²) in [5.41, 5.74) is 8.46. The first-order valence-electron chi connectivity index (χ1n) is 22.3. The van der Waals surface area contributed by atoms with E-state index in [9.17, 15) is 0 Å². The Balaban J connectivity index is 1.07. The Hall–Kier alpha value is -8.51. The van der Waals surface area contributed by atoms with E-state index in [1.54, 1.807) is 0 Å². The van der Waals surface area contributed by atoms with E-state index in [0.29, 0.717) is 17.5 Å². The molecule has 0 saturated carbocycles. The van der Waals surface area contributed by atoms with E-state index in [0.717, 1.165) is 66.1 Å². The van der Waals surface area contributed by atoms with Gasteiger partial charge in [0.15, 0.2) is 17.5 Å². The molecule has 5 heteroatoms. The van der Waals surface area contributed by atoms with E-state index in [1.165, 1.54) is 52.5 Å². The molecule has 3 aromatic heterocycles. The van der Waals surface area contributed by atoms with Gasteiger partial charge in [0, 0.05) is 53.2 Å². The van der Waals surface area contributed by atoms with Gasteiger partial charge in [-0.2, -0.15) is 0 Å². The molecule has 4 nitrogen and oxygen atoms in total. The summed E-state index contributed by atoms with van der Waals surface area (Å²) in [6.45, 7) is 0. The average molecular weight is 857 g/mol. The molecule has 11 aromatic carbocycles. The summed E-state index contributed by atoms with van der Waals surface area (Å²) in [7, 11) is 0. The maximum absolute atomic E-state index is 5.38. The standard InChI is InChI=1S/C61H36N4S/c1-3-17-41-34-55-52(31-39(41)15-1)53-32-40-16-2-4-18-42(40)35-56(53)65(55)54-30-28-44(33-51(54)43-27-29-48-47-23-9-10-26-57(47)66-58(48)36-43)59-62-60(49-24-11-19-37-13-5-7-21-45(37)49)64-61(63-59)50-25-12-20-38-14-6-8-22-46(38)50/h1-36H. The number of thiophene rings is 1. The van der Waals surface area contributed by atoms with Crippen LogP contribution in [-0.4, -0.2) is 19.5 Å². The molecule has 0 atom stereocenters. The summed E-state index contributed by atoms with van der Waals surface area (Å²) in [5.74, 6) is 1.89. The third kappa shape index (κ3) is 5.80. The largest absolute Gasteiger partial charge is 0.309 e. The van der Waals surface area contributed by atoms with Crippen molar-refractivity contribution in [2.45, 2.75) is 0 Å². The van der Waals surface area contributed by atoms with E-state index in [1.807, 2.05) is 11.3 Å². The number of fused-ring (bicyclic) bond motifs is 10. The average Bonchev–Trinajstić information content (AvgIpc) is 3.90. The van der Waals surface area contributed by atoms with Gasteiger partial charge >= 0.3 is 0 Å². The fourth-order valence-electron chi connectivity index (χ4n) is 10.2. The molecule has 0 spiro atoms. The van der Waals surface area contributed by atoms with Crippen molar-refractivity contribution in [3.8, 4) is 51.0 Å². The lowest BCUT2D eigenvalue weighted by Gasteiger charge is -2.17. The highest BCUT2D eigenvalue weighted by Gasteiger charge is 2.21. The zero-order valence-electron chi connectivity index (χ0n) is 35.5. The van der Waals surface area contributed by atoms with Crippen LogP contribution in [0, 0.1) is 0 Å². The number of aromatic nitrogens is 4. The maximum atomic E-state index is 5.38. The van der Waals surface area contributed by atoms with Gasteiger partial charge in [-0.1, -0.05) is 164 Å². The van der Waals surface area contributed by atoms with E-state index in [-0.39, 0.29) is 0 Å². The zero-order chi connectivity index (χ0) is 43.3. The molecule has 0 aliphatic heterocycles. The van der Waals surface area contributed by atoms with Crippen molar-refractivity contribution in [1.82, 2.24) is 19.5 Å². The van der Waals surface area contributed by atoms with Gasteiger partial charge in [-0.05, 0) is 103 Å². The van der Waals surface area contributed by atoms with Gasteiger partial charge in [0.2, 0.25) is 0 Å². The lowest BCUT2D eigenvalue weighted by Crippen LogP contribution is -2.02. The second kappa shape index (κ2) is 14.5. The van der Waals surface area contributed by atoms with Gasteiger partial charge in [-0.15, -0.1) is 11.3 Å². The van der Waals surface area contributed by atoms with E-state index >= 15 is 0 Å². The molecule has 0 unspecified atom stereocenters. The minimum atomic E-state index is 0.616. The van der Waals surface area contributed by atoms with Gasteiger partial charge in [0.1, 0.15) is 0 Å². The molecule has 0 amide bonds. The molecule has 0 bridgehead atoms. The van der Waals surface area contributed by atoms with Crippen LogP contribution in [0.4, 0.5) is 0 Å². The Morgan fingerprint density at radius 2 is 0.758 bits per heavy atom. The molecule has 3 heterocycles. The lowest BCUT2D eigenvalue weighted by molar-refractivity contribution is 1.08. The first-order chi connectivity index (χ1) is 32.7. The number of hydrogen-bond donors (Lipinski definition) is 0. The topological polar surface area (TPSA) is 43.6 Å². The highest BCUT2D eigenvalue weighted by atomic mass is 32.1. The molecular formula is C61H36N4S. The molecule has 0 saturated heterocycles. The number of rotatable bonds is 5. The summed E-state index contributed by atoms with van der Waals surface area (Å²) in [5, 5.41) is 14.3. The van der Waals surface area contributed by atoms with Crippen LogP contribution in [0.1, 0.15) is 0 Å². The third-order valence-corrected chi connectivity index (χ3v) is 14.5. The summed E-state index contributed by atoms with van der Waals surface area (Å²) in [6.07, 6.45) is 0. The lowest BCUT2D eigenvalue weighted by atomic mass is 9.98. The van der Waals surface area contributed by atoms with Crippen LogP contribution < -0.4 is 0 Å². The van der Waals surface area contributed by atoms with E-state index in [4.69, 9.17) is 15.0 Å². The summed E-state index contributed by atoms with van der Waals surface area (Å²) in [6, 6.07) is 78.9. The first kappa shape index (κ1) is 36.9. The van der Waals surface area contributed by atoms with Crippen molar-refractivity contribution < 1.29 is 0 Å². The summed E-state index contributed by atoms with van der Waals surface area (Å²) < 4.78 is 5.02. The summed E-state index contributed by atoms with van der Waals surface area (Å²) >= 11 is 1.84. The van der Waals surface area contributed by atoms with Gasteiger partial charge in [0.25, 0.3) is 0 Å². The van der Waals surface area contributed by atoms with Crippen molar-refractivity contribution in [2.75, 3.05) is 0 Å². The molecule has 0 radical (unpaired) electrons. The predicted octanol–water partition coefficient (Wildman–Crippen LogP) is 16.6. The van der Waals surface area contributed by atoms with Gasteiger partial charge in [-0.3, -0.25) is 0 Å². The number of nitrogens with zero attached hydrogens (tertiary/aromatic N) is 4. The van der Waals surface area contributed by atoms with E-state index in [2.05, 4.69) is 223 Å². The van der Waals surface area contributed by atoms with Crippen molar-refractivity contribution in [3.05, 3.63) is 218 Å². The molecule has 306 valence electrons. The predicted molar refractivity (Wildman–Crippen MR) is 279 cm³/mol. The Morgan fingerprint density at radius 1 is 0.288 bits per heavy atom. The quantitative estimate of drug-likeness (QED) is 0.173. The van der Waals surface area contributed by atoms with E-state index < -0.39 is 0 Å². The summed E-state index contributed by atoms with van der Waals surface area (Å²) in [4.78, 5) is 16.0. The van der Waals surface area contributed by atoms with Crippen LogP contribution in [0.15, 0.2) is 218 Å². The molecule has 0 aliphatic carbocycles. The Bertz CT molecular complexity index is 4110. The highest BCUT2D eigenvalue weighted by molar-refractivity contribution is 7.25. The van der Waals surface area contributed by atoms with Crippen LogP contribution >= 0.6 is 11.3 Å². The SMILES string of the molecule is c1ccc2cc3c(cc2c1)c1cc2ccccc2cc1n3-c1ccc(-c2nc(-c3cccc4ccccc34)nc(-c3cccc4ccccc34)n2)cc1-c1ccc2c(c1)sc1ccccc12. The molecule has 0 fully saturated rings. The smallest absolute Gasteiger partial charge is 0.164 e. The first-order valence-corrected chi connectivity index (χ1v) is 23.1. The van der Waals surface area contributed by atoms with Gasteiger partial charge in [0.05, 0.1) is 16.7 Å². The third-order valence-electron chi connectivity index (χ3n) is 13.4. The van der Waals surface area contributed by atoms with Gasteiger partial charge < -0.3 is 4.57 Å². The Morgan fingerprint density at radius 3 is 1.36 bits per heavy atom. The van der Waals surface area contributed by atoms with Crippen LogP contribution in [0.2, 0.25) is 0 Å². The normalized spacial score (nSPS) is 11.9. The minimum absolute atomic E-state index is 0.616. The van der Waals surface area contributed by atoms with Gasteiger partial charge in [-0.25, -0.2) is 15.0 Å². The fourth-order valence-corrected chi connectivity index (χ4v) is 11.4. The Labute approximate surface area is 383 Å². The molecule has 14 rings (SSSR count). The maximum Gasteiger partial charge on any atom is 0.164 e. The number of benzene rings is 11. The zero-order valence-corrected chi connectivity index (χ0v) is 36.3. The van der Waals surface area contributed by atoms with Crippen LogP contribution in [0.5, 0.6) is 0 Å². The van der Waals surface area contributed by atoms with Crippen LogP contribution in [0.25, 0.3) is 136 Å². The Kier molecular flexibility index (Phi) is 8.12. The monoisotopic (exact) mass is 856 g/mol. The van der Waals surface area contributed by atoms with Crippen molar-refractivity contribution in [2.24, 2.45) is 0 Å². The highest BCUT2D eigenvalue weighted by Crippen LogP contribution is 2.43. The van der Waals surface area contributed by atoms with Crippen molar-refractivity contribution >= 4 is 96.4 Å². The minimum Gasteiger partial charge on any atom is -0.309 e.